The van der Waals surface area contributed by atoms with E-state index in [0.717, 1.165) is 53.0 Å². The molecule has 0 atom stereocenters. The summed E-state index contributed by atoms with van der Waals surface area (Å²) in [6.07, 6.45) is 4.16. The SMILES string of the molecule is O=C(CSc1cn(CC(=O)N2CCCC2)c2ccccc12)NCc1ccc2c(c1)OCO2. The van der Waals surface area contributed by atoms with Crippen molar-refractivity contribution >= 4 is 34.5 Å². The lowest BCUT2D eigenvalue weighted by Crippen LogP contribution is -2.30. The van der Waals surface area contributed by atoms with Crippen molar-refractivity contribution in [2.24, 2.45) is 0 Å². The third-order valence-electron chi connectivity index (χ3n) is 5.80. The molecule has 0 aliphatic carbocycles. The van der Waals surface area contributed by atoms with Gasteiger partial charge in [0.15, 0.2) is 11.5 Å². The van der Waals surface area contributed by atoms with Crippen LogP contribution < -0.4 is 14.8 Å². The van der Waals surface area contributed by atoms with Crippen LogP contribution in [0.4, 0.5) is 0 Å². The Morgan fingerprint density at radius 3 is 2.72 bits per heavy atom. The quantitative estimate of drug-likeness (QED) is 0.558. The lowest BCUT2D eigenvalue weighted by Gasteiger charge is -2.15. The Bertz CT molecular complexity index is 1150. The Labute approximate surface area is 190 Å². The number of aromatic nitrogens is 1. The average Bonchev–Trinajstić information content (AvgIpc) is 3.56. The molecule has 0 bridgehead atoms. The van der Waals surface area contributed by atoms with Crippen LogP contribution in [0.1, 0.15) is 18.4 Å². The summed E-state index contributed by atoms with van der Waals surface area (Å²) in [6.45, 7) is 2.70. The van der Waals surface area contributed by atoms with Crippen molar-refractivity contribution in [3.8, 4) is 11.5 Å². The molecule has 0 unspecified atom stereocenters. The second-order valence-corrected chi connectivity index (χ2v) is 9.00. The minimum atomic E-state index is -0.0439. The van der Waals surface area contributed by atoms with Gasteiger partial charge in [0.05, 0.1) is 5.75 Å². The van der Waals surface area contributed by atoms with Gasteiger partial charge in [0.1, 0.15) is 6.54 Å². The summed E-state index contributed by atoms with van der Waals surface area (Å²) in [6, 6.07) is 13.7. The molecule has 1 aromatic heterocycles. The van der Waals surface area contributed by atoms with Gasteiger partial charge in [-0.25, -0.2) is 0 Å². The van der Waals surface area contributed by atoms with Gasteiger partial charge in [-0.1, -0.05) is 24.3 Å². The number of carbonyl (C=O) groups is 2. The van der Waals surface area contributed by atoms with Crippen molar-refractivity contribution < 1.29 is 19.1 Å². The molecule has 8 heteroatoms. The van der Waals surface area contributed by atoms with E-state index in [1.54, 1.807) is 0 Å². The summed E-state index contributed by atoms with van der Waals surface area (Å²) >= 11 is 1.49. The van der Waals surface area contributed by atoms with Crippen LogP contribution in [0, 0.1) is 0 Å². The predicted molar refractivity (Wildman–Crippen MR) is 123 cm³/mol. The van der Waals surface area contributed by atoms with Crippen LogP contribution in [0.25, 0.3) is 10.9 Å². The molecular weight excluding hydrogens is 426 g/mol. The van der Waals surface area contributed by atoms with Gasteiger partial charge in [-0.05, 0) is 36.6 Å². The van der Waals surface area contributed by atoms with E-state index in [2.05, 4.69) is 5.32 Å². The number of fused-ring (bicyclic) bond motifs is 2. The molecule has 1 fully saturated rings. The highest BCUT2D eigenvalue weighted by Gasteiger charge is 2.20. The van der Waals surface area contributed by atoms with Crippen molar-refractivity contribution in [3.05, 3.63) is 54.2 Å². The van der Waals surface area contributed by atoms with Gasteiger partial charge >= 0.3 is 0 Å². The van der Waals surface area contributed by atoms with Crippen LogP contribution in [-0.4, -0.2) is 46.9 Å². The first-order valence-corrected chi connectivity index (χ1v) is 11.8. The zero-order chi connectivity index (χ0) is 21.9. The van der Waals surface area contributed by atoms with E-state index in [4.69, 9.17) is 9.47 Å². The summed E-state index contributed by atoms with van der Waals surface area (Å²) in [4.78, 5) is 28.0. The monoisotopic (exact) mass is 451 g/mol. The normalized spacial score (nSPS) is 14.8. The Hall–Kier alpha value is -3.13. The number of likely N-dealkylation sites (tertiary alicyclic amines) is 1. The number of rotatable bonds is 7. The Kier molecular flexibility index (Phi) is 5.94. The number of para-hydroxylation sites is 1. The first-order chi connectivity index (χ1) is 15.7. The molecule has 0 spiro atoms. The summed E-state index contributed by atoms with van der Waals surface area (Å²) < 4.78 is 12.7. The second-order valence-electron chi connectivity index (χ2n) is 7.98. The van der Waals surface area contributed by atoms with Gasteiger partial charge in [0.2, 0.25) is 18.6 Å². The van der Waals surface area contributed by atoms with Crippen LogP contribution in [0.2, 0.25) is 0 Å². The Morgan fingerprint density at radius 2 is 1.84 bits per heavy atom. The third-order valence-corrected chi connectivity index (χ3v) is 6.84. The number of nitrogens with zero attached hydrogens (tertiary/aromatic N) is 2. The summed E-state index contributed by atoms with van der Waals surface area (Å²) in [5.74, 6) is 1.86. The molecule has 7 nitrogen and oxygen atoms in total. The molecule has 3 heterocycles. The summed E-state index contributed by atoms with van der Waals surface area (Å²) in [5, 5.41) is 4.03. The molecule has 166 valence electrons. The molecule has 1 N–H and O–H groups in total. The zero-order valence-electron chi connectivity index (χ0n) is 17.7. The van der Waals surface area contributed by atoms with Crippen LogP contribution >= 0.6 is 11.8 Å². The van der Waals surface area contributed by atoms with Gasteiger partial charge < -0.3 is 24.3 Å². The number of ether oxygens (including phenoxy) is 2. The molecule has 0 saturated carbocycles. The molecule has 2 aliphatic heterocycles. The molecule has 2 aromatic carbocycles. The number of carbonyl (C=O) groups excluding carboxylic acids is 2. The number of nitrogens with one attached hydrogen (secondary N) is 1. The largest absolute Gasteiger partial charge is 0.454 e. The number of amides is 2. The minimum Gasteiger partial charge on any atom is -0.454 e. The van der Waals surface area contributed by atoms with Crippen molar-refractivity contribution in [1.82, 2.24) is 14.8 Å². The lowest BCUT2D eigenvalue weighted by molar-refractivity contribution is -0.130. The van der Waals surface area contributed by atoms with Crippen LogP contribution in [-0.2, 0) is 22.7 Å². The molecule has 2 aliphatic rings. The maximum absolute atomic E-state index is 12.6. The number of benzene rings is 2. The van der Waals surface area contributed by atoms with E-state index in [-0.39, 0.29) is 18.6 Å². The standard InChI is InChI=1S/C24H25N3O4S/c28-23(25-12-17-7-8-20-21(11-17)31-16-30-20)15-32-22-13-27(19-6-2-1-5-18(19)22)14-24(29)26-9-3-4-10-26/h1-2,5-8,11,13H,3-4,9-10,12,14-16H2,(H,25,28). The Morgan fingerprint density at radius 1 is 1.03 bits per heavy atom. The number of thioether (sulfide) groups is 1. The summed E-state index contributed by atoms with van der Waals surface area (Å²) in [7, 11) is 0. The molecule has 32 heavy (non-hydrogen) atoms. The van der Waals surface area contributed by atoms with Gasteiger partial charge in [-0.3, -0.25) is 9.59 Å². The van der Waals surface area contributed by atoms with Gasteiger partial charge in [-0.15, -0.1) is 11.8 Å². The highest BCUT2D eigenvalue weighted by Crippen LogP contribution is 2.33. The first kappa shape index (κ1) is 20.8. The van der Waals surface area contributed by atoms with E-state index >= 15 is 0 Å². The molecule has 5 rings (SSSR count). The van der Waals surface area contributed by atoms with E-state index in [1.807, 2.05) is 58.1 Å². The van der Waals surface area contributed by atoms with Gasteiger partial charge in [0.25, 0.3) is 0 Å². The highest BCUT2D eigenvalue weighted by atomic mass is 32.2. The topological polar surface area (TPSA) is 72.8 Å². The van der Waals surface area contributed by atoms with Crippen molar-refractivity contribution in [1.29, 1.82) is 0 Å². The van der Waals surface area contributed by atoms with E-state index < -0.39 is 0 Å². The van der Waals surface area contributed by atoms with Crippen LogP contribution in [0.3, 0.4) is 0 Å². The van der Waals surface area contributed by atoms with Gasteiger partial charge in [-0.2, -0.15) is 0 Å². The van der Waals surface area contributed by atoms with Crippen molar-refractivity contribution in [2.75, 3.05) is 25.6 Å². The zero-order valence-corrected chi connectivity index (χ0v) is 18.5. The second kappa shape index (κ2) is 9.16. The molecule has 3 aromatic rings. The number of hydrogen-bond donors (Lipinski definition) is 1. The molecular formula is C24H25N3O4S. The van der Waals surface area contributed by atoms with Crippen molar-refractivity contribution in [2.45, 2.75) is 30.8 Å². The fourth-order valence-corrected chi connectivity index (χ4v) is 5.04. The first-order valence-electron chi connectivity index (χ1n) is 10.8. The van der Waals surface area contributed by atoms with Crippen LogP contribution in [0.15, 0.2) is 53.6 Å². The fourth-order valence-electron chi connectivity index (χ4n) is 4.12. The minimum absolute atomic E-state index is 0.0439. The predicted octanol–water partition coefficient (Wildman–Crippen LogP) is 3.40. The fraction of sp³-hybridized carbons (Fsp3) is 0.333. The maximum atomic E-state index is 12.6. The lowest BCUT2D eigenvalue weighted by atomic mass is 10.2. The molecule has 0 radical (unpaired) electrons. The Balaban J connectivity index is 1.21. The van der Waals surface area contributed by atoms with E-state index in [1.165, 1.54) is 11.8 Å². The van der Waals surface area contributed by atoms with Crippen molar-refractivity contribution in [3.63, 3.8) is 0 Å². The average molecular weight is 452 g/mol. The smallest absolute Gasteiger partial charge is 0.242 e. The number of hydrogen-bond acceptors (Lipinski definition) is 5. The van der Waals surface area contributed by atoms with Crippen LogP contribution in [0.5, 0.6) is 11.5 Å². The maximum Gasteiger partial charge on any atom is 0.242 e. The highest BCUT2D eigenvalue weighted by molar-refractivity contribution is 8.00. The van der Waals surface area contributed by atoms with Gasteiger partial charge in [0, 0.05) is 41.6 Å². The molecule has 2 amide bonds. The van der Waals surface area contributed by atoms with E-state index in [9.17, 15) is 9.59 Å². The molecule has 1 saturated heterocycles. The third kappa shape index (κ3) is 4.41. The summed E-state index contributed by atoms with van der Waals surface area (Å²) in [5.41, 5.74) is 1.98. The van der Waals surface area contributed by atoms with E-state index in [0.29, 0.717) is 24.6 Å².